The molecule has 0 aliphatic carbocycles. The Morgan fingerprint density at radius 3 is 2.80 bits per heavy atom. The van der Waals surface area contributed by atoms with Gasteiger partial charge in [0.2, 0.25) is 0 Å². The molecule has 6 heteroatoms. The summed E-state index contributed by atoms with van der Waals surface area (Å²) >= 11 is 0. The van der Waals surface area contributed by atoms with Crippen LogP contribution < -0.4 is 4.65 Å². The SMILES string of the molecule is CCO[N+]1(CCCS(=O)(=O)O)CC=Cc2ccccc21. The van der Waals surface area contributed by atoms with Crippen molar-refractivity contribution < 1.29 is 17.8 Å². The van der Waals surface area contributed by atoms with Crippen LogP contribution in [0.15, 0.2) is 30.3 Å². The van der Waals surface area contributed by atoms with Crippen molar-refractivity contribution in [3.05, 3.63) is 35.9 Å². The maximum atomic E-state index is 10.9. The van der Waals surface area contributed by atoms with Crippen LogP contribution in [0.25, 0.3) is 6.08 Å². The molecule has 0 bridgehead atoms. The minimum atomic E-state index is -3.93. The van der Waals surface area contributed by atoms with Crippen LogP contribution in [-0.4, -0.2) is 38.4 Å². The molecule has 1 aromatic carbocycles. The molecule has 0 spiro atoms. The number of hydrogen-bond acceptors (Lipinski definition) is 3. The molecule has 1 aliphatic rings. The van der Waals surface area contributed by atoms with Gasteiger partial charge in [0.05, 0.1) is 5.75 Å². The molecule has 1 atom stereocenters. The van der Waals surface area contributed by atoms with Crippen molar-refractivity contribution in [1.29, 1.82) is 0 Å². The first-order chi connectivity index (χ1) is 9.47. The number of hydroxylamine groups is 2. The minimum Gasteiger partial charge on any atom is -0.286 e. The molecule has 1 aromatic rings. The molecule has 0 aromatic heterocycles. The largest absolute Gasteiger partial charge is 0.286 e. The number of nitrogens with zero attached hydrogens (tertiary/aromatic N) is 1. The molecule has 1 aliphatic heterocycles. The molecule has 0 saturated heterocycles. The molecule has 1 unspecified atom stereocenters. The van der Waals surface area contributed by atoms with E-state index in [9.17, 15) is 8.42 Å². The Morgan fingerprint density at radius 2 is 2.10 bits per heavy atom. The van der Waals surface area contributed by atoms with Crippen molar-refractivity contribution in [2.75, 3.05) is 25.4 Å². The molecule has 110 valence electrons. The van der Waals surface area contributed by atoms with Crippen LogP contribution in [-0.2, 0) is 15.0 Å². The van der Waals surface area contributed by atoms with Crippen LogP contribution in [0.1, 0.15) is 18.9 Å². The lowest BCUT2D eigenvalue weighted by Crippen LogP contribution is -2.51. The zero-order valence-corrected chi connectivity index (χ0v) is 12.3. The quantitative estimate of drug-likeness (QED) is 0.646. The third kappa shape index (κ3) is 3.46. The Hall–Kier alpha value is -1.21. The molecule has 1 N–H and O–H groups in total. The van der Waals surface area contributed by atoms with Gasteiger partial charge in [0.25, 0.3) is 10.1 Å². The fourth-order valence-corrected chi connectivity index (χ4v) is 3.09. The van der Waals surface area contributed by atoms with E-state index in [1.807, 2.05) is 43.3 Å². The maximum Gasteiger partial charge on any atom is 0.265 e. The van der Waals surface area contributed by atoms with E-state index in [-0.39, 0.29) is 10.4 Å². The normalized spacial score (nSPS) is 21.7. The van der Waals surface area contributed by atoms with E-state index < -0.39 is 10.1 Å². The van der Waals surface area contributed by atoms with Gasteiger partial charge in [-0.3, -0.25) is 4.55 Å². The van der Waals surface area contributed by atoms with Gasteiger partial charge in [-0.2, -0.15) is 13.3 Å². The van der Waals surface area contributed by atoms with Crippen LogP contribution in [0, 0.1) is 0 Å². The number of fused-ring (bicyclic) bond motifs is 1. The van der Waals surface area contributed by atoms with Gasteiger partial charge in [-0.1, -0.05) is 12.1 Å². The monoisotopic (exact) mass is 298 g/mol. The summed E-state index contributed by atoms with van der Waals surface area (Å²) in [6.07, 6.45) is 4.43. The highest BCUT2D eigenvalue weighted by Crippen LogP contribution is 2.33. The van der Waals surface area contributed by atoms with Crippen molar-refractivity contribution in [2.24, 2.45) is 0 Å². The Kier molecular flexibility index (Phi) is 4.59. The summed E-state index contributed by atoms with van der Waals surface area (Å²) < 4.78 is 30.9. The van der Waals surface area contributed by atoms with Gasteiger partial charge < -0.3 is 0 Å². The summed E-state index contributed by atoms with van der Waals surface area (Å²) in [5.41, 5.74) is 2.12. The van der Waals surface area contributed by atoms with Crippen LogP contribution in [0.4, 0.5) is 5.69 Å². The first-order valence-electron chi connectivity index (χ1n) is 6.70. The lowest BCUT2D eigenvalue weighted by atomic mass is 10.1. The summed E-state index contributed by atoms with van der Waals surface area (Å²) in [4.78, 5) is 5.92. The first-order valence-corrected chi connectivity index (χ1v) is 8.31. The van der Waals surface area contributed by atoms with Gasteiger partial charge in [-0.25, -0.2) is 0 Å². The van der Waals surface area contributed by atoms with Gasteiger partial charge in [0, 0.05) is 18.1 Å². The second-order valence-corrected chi connectivity index (χ2v) is 6.39. The molecule has 1 heterocycles. The highest BCUT2D eigenvalue weighted by atomic mass is 32.2. The van der Waals surface area contributed by atoms with E-state index in [2.05, 4.69) is 0 Å². The summed E-state index contributed by atoms with van der Waals surface area (Å²) in [7, 11) is -3.93. The van der Waals surface area contributed by atoms with Crippen molar-refractivity contribution in [3.63, 3.8) is 0 Å². The topological polar surface area (TPSA) is 63.6 Å². The summed E-state index contributed by atoms with van der Waals surface area (Å²) in [5, 5.41) is 0. The summed E-state index contributed by atoms with van der Waals surface area (Å²) in [6.45, 7) is 3.63. The van der Waals surface area contributed by atoms with Crippen LogP contribution >= 0.6 is 0 Å². The fraction of sp³-hybridized carbons (Fsp3) is 0.429. The Balaban J connectivity index is 2.24. The highest BCUT2D eigenvalue weighted by Gasteiger charge is 2.35. The lowest BCUT2D eigenvalue weighted by molar-refractivity contribution is -0.136. The van der Waals surface area contributed by atoms with E-state index >= 15 is 0 Å². The number of rotatable bonds is 6. The van der Waals surface area contributed by atoms with Crippen LogP contribution in [0.2, 0.25) is 0 Å². The zero-order chi connectivity index (χ0) is 14.6. The predicted molar refractivity (Wildman–Crippen MR) is 79.7 cm³/mol. The van der Waals surface area contributed by atoms with Gasteiger partial charge in [0.1, 0.15) is 19.7 Å². The second-order valence-electron chi connectivity index (χ2n) is 4.81. The maximum absolute atomic E-state index is 10.9. The summed E-state index contributed by atoms with van der Waals surface area (Å²) in [5.74, 6) is -0.244. The average Bonchev–Trinajstić information content (AvgIpc) is 2.38. The molecule has 0 fully saturated rings. The fourth-order valence-electron chi connectivity index (χ4n) is 2.60. The smallest absolute Gasteiger partial charge is 0.265 e. The molecule has 20 heavy (non-hydrogen) atoms. The Morgan fingerprint density at radius 1 is 1.35 bits per heavy atom. The molecule has 0 radical (unpaired) electrons. The predicted octanol–water partition coefficient (Wildman–Crippen LogP) is 2.25. The van der Waals surface area contributed by atoms with E-state index in [1.165, 1.54) is 0 Å². The first kappa shape index (κ1) is 15.2. The van der Waals surface area contributed by atoms with Crippen LogP contribution in [0.5, 0.6) is 0 Å². The molecule has 2 rings (SSSR count). The molecule has 0 saturated carbocycles. The zero-order valence-electron chi connectivity index (χ0n) is 11.5. The highest BCUT2D eigenvalue weighted by molar-refractivity contribution is 7.85. The molecule has 5 nitrogen and oxygen atoms in total. The van der Waals surface area contributed by atoms with Crippen molar-refractivity contribution in [1.82, 2.24) is 4.65 Å². The van der Waals surface area contributed by atoms with E-state index in [4.69, 9.17) is 9.39 Å². The van der Waals surface area contributed by atoms with Crippen molar-refractivity contribution in [3.8, 4) is 0 Å². The Labute approximate surface area is 119 Å². The van der Waals surface area contributed by atoms with E-state index in [0.29, 0.717) is 26.1 Å². The van der Waals surface area contributed by atoms with Crippen LogP contribution in [0.3, 0.4) is 0 Å². The molecular formula is C14H20NO4S+. The average molecular weight is 298 g/mol. The Bertz CT molecular complexity index is 597. The third-order valence-corrected chi connectivity index (χ3v) is 4.18. The van der Waals surface area contributed by atoms with E-state index in [1.54, 1.807) is 0 Å². The lowest BCUT2D eigenvalue weighted by Gasteiger charge is -2.36. The molecular weight excluding hydrogens is 278 g/mol. The van der Waals surface area contributed by atoms with Crippen molar-refractivity contribution >= 4 is 21.9 Å². The molecule has 0 amide bonds. The number of para-hydroxylation sites is 1. The third-order valence-electron chi connectivity index (χ3n) is 3.37. The number of hydrogen-bond donors (Lipinski definition) is 1. The minimum absolute atomic E-state index is 0.244. The second kappa shape index (κ2) is 6.05. The van der Waals surface area contributed by atoms with Gasteiger partial charge >= 0.3 is 0 Å². The van der Waals surface area contributed by atoms with Gasteiger partial charge in [0.15, 0.2) is 5.69 Å². The number of quaternary nitrogens is 1. The summed E-state index contributed by atoms with van der Waals surface area (Å²) in [6, 6.07) is 7.93. The number of benzene rings is 1. The van der Waals surface area contributed by atoms with Gasteiger partial charge in [-0.05, 0) is 25.1 Å². The van der Waals surface area contributed by atoms with E-state index in [0.717, 1.165) is 11.3 Å². The van der Waals surface area contributed by atoms with Crippen molar-refractivity contribution in [2.45, 2.75) is 13.3 Å². The standard InChI is InChI=1S/C14H19NO4S/c1-2-19-15(11-6-12-20(16,17)18)10-5-8-13-7-3-4-9-14(13)15/h3-5,7-9H,2,6,10-12H2,1H3/p+1. The van der Waals surface area contributed by atoms with Gasteiger partial charge in [-0.15, -0.1) is 4.65 Å².